The minimum absolute atomic E-state index is 0.0263. The Morgan fingerprint density at radius 1 is 0.972 bits per heavy atom. The number of fused-ring (bicyclic) bond motifs is 1. The standard InChI is InChI=1S/C26H24N6O4/c1-29-17-27-23-22(29)24(33)31(26(35)30(23)2)14-9-15-36-25(34)21-16-20(18-10-5-3-6-11-18)28-32(21)19-12-7-4-8-13-19/h3-8,10-13,16-17H,9,14-15H2,1-2H3. The molecule has 5 rings (SSSR count). The van der Waals surface area contributed by atoms with Crippen LogP contribution in [0.25, 0.3) is 28.1 Å². The maximum atomic E-state index is 13.0. The monoisotopic (exact) mass is 484 g/mol. The van der Waals surface area contributed by atoms with Gasteiger partial charge in [0, 0.05) is 26.2 Å². The minimum Gasteiger partial charge on any atom is -0.461 e. The lowest BCUT2D eigenvalue weighted by Crippen LogP contribution is -2.39. The summed E-state index contributed by atoms with van der Waals surface area (Å²) >= 11 is 0. The lowest BCUT2D eigenvalue weighted by Gasteiger charge is -2.10. The Morgan fingerprint density at radius 2 is 1.67 bits per heavy atom. The van der Waals surface area contributed by atoms with Gasteiger partial charge in [0.15, 0.2) is 16.9 Å². The van der Waals surface area contributed by atoms with E-state index in [1.807, 2.05) is 60.7 Å². The molecule has 0 saturated carbocycles. The van der Waals surface area contributed by atoms with Gasteiger partial charge in [0.1, 0.15) is 0 Å². The summed E-state index contributed by atoms with van der Waals surface area (Å²) in [6, 6.07) is 20.6. The number of imidazole rings is 1. The second-order valence-corrected chi connectivity index (χ2v) is 8.34. The molecule has 3 heterocycles. The van der Waals surface area contributed by atoms with E-state index in [4.69, 9.17) is 4.74 Å². The fraction of sp³-hybridized carbons (Fsp3) is 0.192. The van der Waals surface area contributed by atoms with Gasteiger partial charge < -0.3 is 9.30 Å². The number of para-hydroxylation sites is 1. The molecule has 0 atom stereocenters. The van der Waals surface area contributed by atoms with Crippen LogP contribution in [0.2, 0.25) is 0 Å². The Labute approximate surface area is 205 Å². The summed E-state index contributed by atoms with van der Waals surface area (Å²) in [5.74, 6) is -0.545. The molecule has 10 nitrogen and oxygen atoms in total. The molecule has 0 unspecified atom stereocenters. The normalized spacial score (nSPS) is 11.2. The number of hydrogen-bond acceptors (Lipinski definition) is 6. The van der Waals surface area contributed by atoms with Gasteiger partial charge in [-0.2, -0.15) is 5.10 Å². The highest BCUT2D eigenvalue weighted by atomic mass is 16.5. The molecule has 0 saturated heterocycles. The molecule has 36 heavy (non-hydrogen) atoms. The SMILES string of the molecule is Cn1cnc2c1c(=O)n(CCCOC(=O)c1cc(-c3ccccc3)nn1-c1ccccc1)c(=O)n2C. The molecule has 0 N–H and O–H groups in total. The van der Waals surface area contributed by atoms with Crippen molar-refractivity contribution >= 4 is 17.1 Å². The summed E-state index contributed by atoms with van der Waals surface area (Å²) in [7, 11) is 3.27. The first-order valence-corrected chi connectivity index (χ1v) is 11.4. The zero-order valence-corrected chi connectivity index (χ0v) is 19.9. The van der Waals surface area contributed by atoms with Crippen LogP contribution in [-0.2, 0) is 25.4 Å². The van der Waals surface area contributed by atoms with Crippen molar-refractivity contribution in [3.63, 3.8) is 0 Å². The second-order valence-electron chi connectivity index (χ2n) is 8.34. The van der Waals surface area contributed by atoms with Gasteiger partial charge in [0.2, 0.25) is 0 Å². The van der Waals surface area contributed by atoms with E-state index in [-0.39, 0.29) is 25.3 Å². The molecule has 3 aromatic heterocycles. The van der Waals surface area contributed by atoms with Crippen LogP contribution >= 0.6 is 0 Å². The van der Waals surface area contributed by atoms with Crippen molar-refractivity contribution in [3.8, 4) is 16.9 Å². The number of hydrogen-bond donors (Lipinski definition) is 0. The second kappa shape index (κ2) is 9.49. The average Bonchev–Trinajstić information content (AvgIpc) is 3.52. The maximum Gasteiger partial charge on any atom is 0.357 e. The van der Waals surface area contributed by atoms with Crippen LogP contribution in [0.1, 0.15) is 16.9 Å². The Hall–Kier alpha value is -4.73. The van der Waals surface area contributed by atoms with Crippen LogP contribution in [0.3, 0.4) is 0 Å². The van der Waals surface area contributed by atoms with Crippen molar-refractivity contribution in [3.05, 3.63) is 99.6 Å². The van der Waals surface area contributed by atoms with Gasteiger partial charge in [-0.05, 0) is 24.6 Å². The largest absolute Gasteiger partial charge is 0.461 e. The van der Waals surface area contributed by atoms with Gasteiger partial charge in [-0.3, -0.25) is 13.9 Å². The van der Waals surface area contributed by atoms with Crippen LogP contribution in [0.15, 0.2) is 82.6 Å². The number of benzene rings is 2. The predicted octanol–water partition coefficient (Wildman–Crippen LogP) is 2.53. The molecule has 0 amide bonds. The zero-order chi connectivity index (χ0) is 25.2. The molecule has 2 aromatic carbocycles. The quantitative estimate of drug-likeness (QED) is 0.260. The summed E-state index contributed by atoms with van der Waals surface area (Å²) in [5.41, 5.74) is 2.32. The summed E-state index contributed by atoms with van der Waals surface area (Å²) in [5, 5.41) is 4.63. The smallest absolute Gasteiger partial charge is 0.357 e. The van der Waals surface area contributed by atoms with Crippen LogP contribution in [0.4, 0.5) is 0 Å². The van der Waals surface area contributed by atoms with Crippen LogP contribution in [0, 0.1) is 0 Å². The Bertz CT molecular complexity index is 1660. The highest BCUT2D eigenvalue weighted by Crippen LogP contribution is 2.22. The van der Waals surface area contributed by atoms with Crippen molar-refractivity contribution in [1.82, 2.24) is 28.5 Å². The summed E-state index contributed by atoms with van der Waals surface area (Å²) in [6.07, 6.45) is 1.78. The van der Waals surface area contributed by atoms with E-state index >= 15 is 0 Å². The lowest BCUT2D eigenvalue weighted by molar-refractivity contribution is 0.0484. The molecule has 182 valence electrons. The van der Waals surface area contributed by atoms with Crippen LogP contribution in [-0.4, -0.2) is 41.0 Å². The molecule has 5 aromatic rings. The number of esters is 1. The van der Waals surface area contributed by atoms with E-state index in [0.29, 0.717) is 16.9 Å². The third kappa shape index (κ3) is 4.13. The molecule has 0 aliphatic carbocycles. The number of aryl methyl sites for hydroxylation is 2. The van der Waals surface area contributed by atoms with Gasteiger partial charge >= 0.3 is 11.7 Å². The van der Waals surface area contributed by atoms with Crippen LogP contribution < -0.4 is 11.2 Å². The van der Waals surface area contributed by atoms with Crippen molar-refractivity contribution in [2.45, 2.75) is 13.0 Å². The molecular weight excluding hydrogens is 460 g/mol. The van der Waals surface area contributed by atoms with Gasteiger partial charge in [-0.25, -0.2) is 19.3 Å². The first-order valence-electron chi connectivity index (χ1n) is 11.4. The molecular formula is C26H24N6O4. The fourth-order valence-electron chi connectivity index (χ4n) is 4.10. The number of nitrogens with zero attached hydrogens (tertiary/aromatic N) is 6. The Kier molecular flexibility index (Phi) is 6.07. The average molecular weight is 485 g/mol. The first kappa shape index (κ1) is 23.0. The van der Waals surface area contributed by atoms with Crippen molar-refractivity contribution in [2.75, 3.05) is 6.61 Å². The van der Waals surface area contributed by atoms with E-state index in [1.165, 1.54) is 10.9 Å². The van der Waals surface area contributed by atoms with E-state index in [0.717, 1.165) is 15.8 Å². The summed E-state index contributed by atoms with van der Waals surface area (Å²) in [4.78, 5) is 42.7. The maximum absolute atomic E-state index is 13.0. The zero-order valence-electron chi connectivity index (χ0n) is 19.9. The highest BCUT2D eigenvalue weighted by Gasteiger charge is 2.19. The van der Waals surface area contributed by atoms with Gasteiger partial charge in [-0.15, -0.1) is 0 Å². The molecule has 0 fully saturated rings. The van der Waals surface area contributed by atoms with E-state index in [1.54, 1.807) is 29.4 Å². The molecule has 0 aliphatic heterocycles. The highest BCUT2D eigenvalue weighted by molar-refractivity contribution is 5.89. The van der Waals surface area contributed by atoms with Gasteiger partial charge in [0.05, 0.1) is 24.3 Å². The Balaban J connectivity index is 1.35. The van der Waals surface area contributed by atoms with Crippen molar-refractivity contribution < 1.29 is 9.53 Å². The predicted molar refractivity (Wildman–Crippen MR) is 134 cm³/mol. The van der Waals surface area contributed by atoms with Gasteiger partial charge in [-0.1, -0.05) is 48.5 Å². The van der Waals surface area contributed by atoms with E-state index in [9.17, 15) is 14.4 Å². The topological polar surface area (TPSA) is 106 Å². The fourth-order valence-corrected chi connectivity index (χ4v) is 4.10. The number of carbonyl (C=O) groups excluding carboxylic acids is 1. The molecule has 0 aliphatic rings. The number of aromatic nitrogens is 6. The van der Waals surface area contributed by atoms with Gasteiger partial charge in [0.25, 0.3) is 5.56 Å². The van der Waals surface area contributed by atoms with E-state index < -0.39 is 17.2 Å². The molecule has 10 heteroatoms. The van der Waals surface area contributed by atoms with E-state index in [2.05, 4.69) is 10.1 Å². The Morgan fingerprint density at radius 3 is 2.39 bits per heavy atom. The number of ether oxygens (including phenoxy) is 1. The number of rotatable bonds is 7. The minimum atomic E-state index is -0.545. The lowest BCUT2D eigenvalue weighted by atomic mass is 10.1. The molecule has 0 radical (unpaired) electrons. The van der Waals surface area contributed by atoms with Crippen molar-refractivity contribution in [1.29, 1.82) is 0 Å². The third-order valence-electron chi connectivity index (χ3n) is 5.95. The van der Waals surface area contributed by atoms with Crippen molar-refractivity contribution in [2.24, 2.45) is 14.1 Å². The summed E-state index contributed by atoms with van der Waals surface area (Å²) < 4.78 is 11.1. The first-order chi connectivity index (χ1) is 17.5. The summed E-state index contributed by atoms with van der Waals surface area (Å²) in [6.45, 7) is 0.131. The van der Waals surface area contributed by atoms with Crippen LogP contribution in [0.5, 0.6) is 0 Å². The molecule has 0 bridgehead atoms. The number of carbonyl (C=O) groups is 1. The molecule has 0 spiro atoms. The third-order valence-corrected chi connectivity index (χ3v) is 5.95.